The Bertz CT molecular complexity index is 1230. The molecule has 1 N–H and O–H groups in total. The monoisotopic (exact) mass is 461 g/mol. The van der Waals surface area contributed by atoms with Gasteiger partial charge in [-0.1, -0.05) is 18.0 Å². The number of sulfonamides is 1. The van der Waals surface area contributed by atoms with E-state index in [1.165, 1.54) is 22.6 Å². The third-order valence-electron chi connectivity index (χ3n) is 5.31. The Hall–Kier alpha value is -2.49. The minimum Gasteiger partial charge on any atom is -0.322 e. The maximum Gasteiger partial charge on any atom is 0.257 e. The van der Waals surface area contributed by atoms with Gasteiger partial charge < -0.3 is 5.32 Å². The van der Waals surface area contributed by atoms with Crippen molar-refractivity contribution >= 4 is 44.3 Å². The molecule has 1 aliphatic heterocycles. The fourth-order valence-corrected chi connectivity index (χ4v) is 5.69. The van der Waals surface area contributed by atoms with E-state index >= 15 is 0 Å². The molecule has 10 heteroatoms. The van der Waals surface area contributed by atoms with Crippen LogP contribution in [-0.4, -0.2) is 46.5 Å². The van der Waals surface area contributed by atoms with E-state index in [-0.39, 0.29) is 16.0 Å². The van der Waals surface area contributed by atoms with Crippen LogP contribution >= 0.6 is 11.6 Å². The Balaban J connectivity index is 1.59. The summed E-state index contributed by atoms with van der Waals surface area (Å²) < 4.78 is 29.3. The van der Waals surface area contributed by atoms with Crippen LogP contribution in [0.1, 0.15) is 49.5 Å². The van der Waals surface area contributed by atoms with E-state index < -0.39 is 15.9 Å². The summed E-state index contributed by atoms with van der Waals surface area (Å²) in [5, 5.41) is 7.94. The molecule has 0 unspecified atom stereocenters. The van der Waals surface area contributed by atoms with Crippen LogP contribution in [0.15, 0.2) is 41.6 Å². The van der Waals surface area contributed by atoms with Crippen molar-refractivity contribution < 1.29 is 13.2 Å². The van der Waals surface area contributed by atoms with Crippen LogP contribution < -0.4 is 5.32 Å². The van der Waals surface area contributed by atoms with Crippen molar-refractivity contribution in [2.24, 2.45) is 0 Å². The van der Waals surface area contributed by atoms with Crippen molar-refractivity contribution in [3.63, 3.8) is 0 Å². The molecular weight excluding hydrogens is 438 g/mol. The molecule has 1 fully saturated rings. The first kappa shape index (κ1) is 21.7. The molecule has 8 nitrogen and oxygen atoms in total. The normalized spacial score (nSPS) is 15.5. The number of nitrogens with zero attached hydrogens (tertiary/aromatic N) is 4. The van der Waals surface area contributed by atoms with Crippen LogP contribution in [0.4, 0.5) is 5.69 Å². The van der Waals surface area contributed by atoms with Gasteiger partial charge in [-0.15, -0.1) is 0 Å². The van der Waals surface area contributed by atoms with E-state index in [4.69, 9.17) is 11.6 Å². The molecular formula is C21H24ClN5O3S. The van der Waals surface area contributed by atoms with Crippen LogP contribution in [0, 0.1) is 0 Å². The maximum absolute atomic E-state index is 13.0. The van der Waals surface area contributed by atoms with E-state index in [0.29, 0.717) is 30.0 Å². The van der Waals surface area contributed by atoms with Gasteiger partial charge in [-0.05, 0) is 51.0 Å². The number of carbonyl (C=O) groups excluding carboxylic acids is 1. The van der Waals surface area contributed by atoms with Gasteiger partial charge in [0, 0.05) is 36.4 Å². The fraction of sp³-hybridized carbons (Fsp3) is 0.381. The zero-order chi connectivity index (χ0) is 22.2. The van der Waals surface area contributed by atoms with Crippen LogP contribution in [0.3, 0.4) is 0 Å². The van der Waals surface area contributed by atoms with Crippen molar-refractivity contribution in [3.8, 4) is 0 Å². The summed E-state index contributed by atoms with van der Waals surface area (Å²) in [5.41, 5.74) is 1.40. The average molecular weight is 462 g/mol. The molecule has 31 heavy (non-hydrogen) atoms. The maximum atomic E-state index is 13.0. The number of amides is 1. The Kier molecular flexibility index (Phi) is 6.00. The summed E-state index contributed by atoms with van der Waals surface area (Å²) in [4.78, 5) is 17.1. The van der Waals surface area contributed by atoms with E-state index in [0.717, 1.165) is 24.6 Å². The quantitative estimate of drug-likeness (QED) is 0.617. The van der Waals surface area contributed by atoms with Crippen molar-refractivity contribution in [1.82, 2.24) is 19.1 Å². The fourth-order valence-electron chi connectivity index (χ4n) is 3.67. The van der Waals surface area contributed by atoms with Crippen molar-refractivity contribution in [2.45, 2.75) is 44.0 Å². The van der Waals surface area contributed by atoms with Crippen LogP contribution in [0.5, 0.6) is 0 Å². The van der Waals surface area contributed by atoms with Crippen LogP contribution in [0.25, 0.3) is 11.0 Å². The number of hydrogen-bond donors (Lipinski definition) is 1. The molecule has 0 radical (unpaired) electrons. The first-order valence-corrected chi connectivity index (χ1v) is 12.0. The number of piperidine rings is 1. The van der Waals surface area contributed by atoms with E-state index in [1.807, 2.05) is 13.8 Å². The van der Waals surface area contributed by atoms with E-state index in [2.05, 4.69) is 15.4 Å². The molecule has 0 saturated carbocycles. The zero-order valence-electron chi connectivity index (χ0n) is 17.4. The lowest BCUT2D eigenvalue weighted by Gasteiger charge is -2.26. The van der Waals surface area contributed by atoms with E-state index in [1.54, 1.807) is 23.0 Å². The standard InChI is InChI=1S/C21H24ClN5O3S/c1-14(2)27-20-15(13-24-27)10-16(12-23-20)21(28)25-17-6-7-18(22)19(11-17)31(29,30)26-8-4-3-5-9-26/h6-7,10-14H,3-5,8-9H2,1-2H3,(H,25,28). The number of carbonyl (C=O) groups is 1. The highest BCUT2D eigenvalue weighted by atomic mass is 35.5. The molecule has 0 bridgehead atoms. The van der Waals surface area contributed by atoms with E-state index in [9.17, 15) is 13.2 Å². The summed E-state index contributed by atoms with van der Waals surface area (Å²) in [6.45, 7) is 4.96. The smallest absolute Gasteiger partial charge is 0.257 e. The minimum atomic E-state index is -3.72. The largest absolute Gasteiger partial charge is 0.322 e. The number of aromatic nitrogens is 3. The third-order valence-corrected chi connectivity index (χ3v) is 7.69. The lowest BCUT2D eigenvalue weighted by molar-refractivity contribution is 0.102. The highest BCUT2D eigenvalue weighted by Gasteiger charge is 2.28. The van der Waals surface area contributed by atoms with Gasteiger partial charge in [0.2, 0.25) is 10.0 Å². The highest BCUT2D eigenvalue weighted by Crippen LogP contribution is 2.29. The summed E-state index contributed by atoms with van der Waals surface area (Å²) in [7, 11) is -3.72. The van der Waals surface area contributed by atoms with Crippen LogP contribution in [0.2, 0.25) is 5.02 Å². The topological polar surface area (TPSA) is 97.2 Å². The van der Waals surface area contributed by atoms with Crippen LogP contribution in [-0.2, 0) is 10.0 Å². The Morgan fingerprint density at radius 3 is 2.58 bits per heavy atom. The first-order valence-electron chi connectivity index (χ1n) is 10.2. The lowest BCUT2D eigenvalue weighted by Crippen LogP contribution is -2.35. The van der Waals surface area contributed by atoms with Gasteiger partial charge in [0.15, 0.2) is 5.65 Å². The molecule has 0 aliphatic carbocycles. The van der Waals surface area contributed by atoms with Gasteiger partial charge in [-0.25, -0.2) is 18.1 Å². The van der Waals surface area contributed by atoms with Gasteiger partial charge in [0.25, 0.3) is 5.91 Å². The molecule has 1 saturated heterocycles. The molecule has 2 aromatic heterocycles. The number of pyridine rings is 1. The Labute approximate surface area is 186 Å². The second-order valence-corrected chi connectivity index (χ2v) is 10.2. The average Bonchev–Trinajstić information content (AvgIpc) is 3.19. The second-order valence-electron chi connectivity index (χ2n) is 7.88. The second kappa shape index (κ2) is 8.57. The molecule has 164 valence electrons. The summed E-state index contributed by atoms with van der Waals surface area (Å²) in [5.74, 6) is -0.393. The molecule has 1 aliphatic rings. The molecule has 0 atom stereocenters. The first-order chi connectivity index (χ1) is 14.8. The van der Waals surface area contributed by atoms with Gasteiger partial charge in [0.1, 0.15) is 4.90 Å². The molecule has 4 rings (SSSR count). The number of halogens is 1. The molecule has 1 amide bonds. The summed E-state index contributed by atoms with van der Waals surface area (Å²) in [6.07, 6.45) is 5.83. The van der Waals surface area contributed by atoms with Crippen molar-refractivity contribution in [1.29, 1.82) is 0 Å². The molecule has 3 aromatic rings. The molecule has 0 spiro atoms. The number of fused-ring (bicyclic) bond motifs is 1. The minimum absolute atomic E-state index is 0.000605. The number of benzene rings is 1. The number of nitrogens with one attached hydrogen (secondary N) is 1. The van der Waals surface area contributed by atoms with Gasteiger partial charge >= 0.3 is 0 Å². The predicted molar refractivity (Wildman–Crippen MR) is 120 cm³/mol. The molecule has 3 heterocycles. The Morgan fingerprint density at radius 2 is 1.87 bits per heavy atom. The summed E-state index contributed by atoms with van der Waals surface area (Å²) >= 11 is 6.21. The predicted octanol–water partition coefficient (Wildman–Crippen LogP) is 4.09. The van der Waals surface area contributed by atoms with Gasteiger partial charge in [-0.2, -0.15) is 9.40 Å². The third kappa shape index (κ3) is 4.30. The number of hydrogen-bond acceptors (Lipinski definition) is 5. The van der Waals surface area contributed by atoms with Gasteiger partial charge in [0.05, 0.1) is 16.8 Å². The Morgan fingerprint density at radius 1 is 1.13 bits per heavy atom. The number of rotatable bonds is 5. The highest BCUT2D eigenvalue weighted by molar-refractivity contribution is 7.89. The molecule has 1 aromatic carbocycles. The lowest BCUT2D eigenvalue weighted by atomic mass is 10.2. The number of anilines is 1. The SMILES string of the molecule is CC(C)n1ncc2cc(C(=O)Nc3ccc(Cl)c(S(=O)(=O)N4CCCCC4)c3)cnc21. The zero-order valence-corrected chi connectivity index (χ0v) is 18.9. The summed E-state index contributed by atoms with van der Waals surface area (Å²) in [6, 6.07) is 6.34. The van der Waals surface area contributed by atoms with Crippen molar-refractivity contribution in [3.05, 3.63) is 47.2 Å². The van der Waals surface area contributed by atoms with Gasteiger partial charge in [-0.3, -0.25) is 4.79 Å². The van der Waals surface area contributed by atoms with Crippen molar-refractivity contribution in [2.75, 3.05) is 18.4 Å².